The standard InChI is InChI=1S/C17H20ClNO2/c1-11-14(18)6-5-7-15(11)19-12(2)13-8-9-16(20-3)17(10-13)21-4/h5-10,12,19H,1-4H3. The van der Waals surface area contributed by atoms with E-state index in [4.69, 9.17) is 21.1 Å². The van der Waals surface area contributed by atoms with Gasteiger partial charge in [-0.2, -0.15) is 0 Å². The Balaban J connectivity index is 2.24. The Morgan fingerprint density at radius 2 is 1.76 bits per heavy atom. The van der Waals surface area contributed by atoms with E-state index in [0.717, 1.165) is 33.3 Å². The minimum Gasteiger partial charge on any atom is -0.493 e. The number of methoxy groups -OCH3 is 2. The molecule has 0 bridgehead atoms. The summed E-state index contributed by atoms with van der Waals surface area (Å²) < 4.78 is 10.6. The average molecular weight is 306 g/mol. The van der Waals surface area contributed by atoms with Crippen LogP contribution >= 0.6 is 11.6 Å². The Bertz CT molecular complexity index is 628. The molecule has 0 saturated carbocycles. The maximum absolute atomic E-state index is 6.15. The minimum atomic E-state index is 0.127. The molecule has 0 aliphatic rings. The van der Waals surface area contributed by atoms with E-state index >= 15 is 0 Å². The van der Waals surface area contributed by atoms with Gasteiger partial charge in [-0.15, -0.1) is 0 Å². The van der Waals surface area contributed by atoms with Gasteiger partial charge >= 0.3 is 0 Å². The van der Waals surface area contributed by atoms with Crippen LogP contribution in [-0.4, -0.2) is 14.2 Å². The number of benzene rings is 2. The maximum Gasteiger partial charge on any atom is 0.161 e. The fraction of sp³-hybridized carbons (Fsp3) is 0.294. The van der Waals surface area contributed by atoms with E-state index in [1.807, 2.05) is 43.3 Å². The Morgan fingerprint density at radius 1 is 1.05 bits per heavy atom. The number of nitrogens with one attached hydrogen (secondary N) is 1. The van der Waals surface area contributed by atoms with Crippen LogP contribution in [0.2, 0.25) is 5.02 Å². The van der Waals surface area contributed by atoms with Crippen LogP contribution in [0.3, 0.4) is 0 Å². The summed E-state index contributed by atoms with van der Waals surface area (Å²) in [6, 6.07) is 11.9. The van der Waals surface area contributed by atoms with Gasteiger partial charge < -0.3 is 14.8 Å². The van der Waals surface area contributed by atoms with Crippen molar-refractivity contribution in [1.82, 2.24) is 0 Å². The van der Waals surface area contributed by atoms with Crippen molar-refractivity contribution < 1.29 is 9.47 Å². The Labute approximate surface area is 130 Å². The molecule has 0 heterocycles. The second kappa shape index (κ2) is 6.72. The lowest BCUT2D eigenvalue weighted by Crippen LogP contribution is -2.08. The maximum atomic E-state index is 6.15. The van der Waals surface area contributed by atoms with Crippen LogP contribution in [0.25, 0.3) is 0 Å². The van der Waals surface area contributed by atoms with Gasteiger partial charge in [0.1, 0.15) is 0 Å². The highest BCUT2D eigenvalue weighted by Gasteiger charge is 2.11. The lowest BCUT2D eigenvalue weighted by atomic mass is 10.1. The summed E-state index contributed by atoms with van der Waals surface area (Å²) in [5.41, 5.74) is 3.20. The van der Waals surface area contributed by atoms with Crippen molar-refractivity contribution in [1.29, 1.82) is 0 Å². The molecule has 0 aliphatic carbocycles. The fourth-order valence-corrected chi connectivity index (χ4v) is 2.38. The molecule has 0 aromatic heterocycles. The number of ether oxygens (including phenoxy) is 2. The third-order valence-electron chi connectivity index (χ3n) is 3.55. The first-order valence-corrected chi connectivity index (χ1v) is 7.18. The fourth-order valence-electron chi connectivity index (χ4n) is 2.20. The van der Waals surface area contributed by atoms with Crippen molar-refractivity contribution in [3.8, 4) is 11.5 Å². The molecule has 21 heavy (non-hydrogen) atoms. The highest BCUT2D eigenvalue weighted by atomic mass is 35.5. The first-order valence-electron chi connectivity index (χ1n) is 6.80. The second-order valence-electron chi connectivity index (χ2n) is 4.89. The first kappa shape index (κ1) is 15.5. The number of hydrogen-bond donors (Lipinski definition) is 1. The molecule has 0 aliphatic heterocycles. The molecule has 1 N–H and O–H groups in total. The number of halogens is 1. The molecule has 2 aromatic rings. The predicted octanol–water partition coefficient (Wildman–Crippen LogP) is 4.84. The van der Waals surface area contributed by atoms with Crippen LogP contribution < -0.4 is 14.8 Å². The normalized spacial score (nSPS) is 11.9. The first-order chi connectivity index (χ1) is 10.1. The molecular formula is C17H20ClNO2. The van der Waals surface area contributed by atoms with Crippen molar-refractivity contribution in [2.24, 2.45) is 0 Å². The van der Waals surface area contributed by atoms with Crippen LogP contribution in [-0.2, 0) is 0 Å². The van der Waals surface area contributed by atoms with E-state index in [2.05, 4.69) is 12.2 Å². The van der Waals surface area contributed by atoms with E-state index in [-0.39, 0.29) is 6.04 Å². The summed E-state index contributed by atoms with van der Waals surface area (Å²) in [7, 11) is 3.27. The zero-order valence-corrected chi connectivity index (χ0v) is 13.5. The van der Waals surface area contributed by atoms with Crippen molar-refractivity contribution in [2.45, 2.75) is 19.9 Å². The SMILES string of the molecule is COc1ccc(C(C)Nc2cccc(Cl)c2C)cc1OC. The van der Waals surface area contributed by atoms with Crippen molar-refractivity contribution >= 4 is 17.3 Å². The molecule has 3 nitrogen and oxygen atoms in total. The lowest BCUT2D eigenvalue weighted by Gasteiger charge is -2.19. The van der Waals surface area contributed by atoms with Crippen molar-refractivity contribution in [3.63, 3.8) is 0 Å². The van der Waals surface area contributed by atoms with Gasteiger partial charge in [-0.05, 0) is 49.2 Å². The monoisotopic (exact) mass is 305 g/mol. The molecule has 2 aromatic carbocycles. The van der Waals surface area contributed by atoms with Gasteiger partial charge in [-0.3, -0.25) is 0 Å². The molecule has 0 saturated heterocycles. The van der Waals surface area contributed by atoms with E-state index in [0.29, 0.717) is 0 Å². The molecule has 1 atom stereocenters. The van der Waals surface area contributed by atoms with Crippen LogP contribution in [0.15, 0.2) is 36.4 Å². The van der Waals surface area contributed by atoms with Gasteiger partial charge in [0.15, 0.2) is 11.5 Å². The Morgan fingerprint density at radius 3 is 2.43 bits per heavy atom. The van der Waals surface area contributed by atoms with Crippen LogP contribution in [0.4, 0.5) is 5.69 Å². The van der Waals surface area contributed by atoms with Crippen LogP contribution in [0.5, 0.6) is 11.5 Å². The second-order valence-corrected chi connectivity index (χ2v) is 5.30. The predicted molar refractivity (Wildman–Crippen MR) is 87.8 cm³/mol. The quantitative estimate of drug-likeness (QED) is 0.857. The van der Waals surface area contributed by atoms with E-state index in [9.17, 15) is 0 Å². The van der Waals surface area contributed by atoms with Crippen molar-refractivity contribution in [3.05, 3.63) is 52.5 Å². The largest absolute Gasteiger partial charge is 0.493 e. The Hall–Kier alpha value is -1.87. The molecule has 0 amide bonds. The molecule has 0 radical (unpaired) electrons. The average Bonchev–Trinajstić information content (AvgIpc) is 2.51. The van der Waals surface area contributed by atoms with Gasteiger partial charge in [0.2, 0.25) is 0 Å². The molecule has 2 rings (SSSR count). The molecule has 0 fully saturated rings. The van der Waals surface area contributed by atoms with Gasteiger partial charge in [0, 0.05) is 16.8 Å². The molecule has 4 heteroatoms. The smallest absolute Gasteiger partial charge is 0.161 e. The van der Waals surface area contributed by atoms with E-state index in [1.54, 1.807) is 14.2 Å². The van der Waals surface area contributed by atoms with Gasteiger partial charge in [-0.1, -0.05) is 23.7 Å². The molecule has 112 valence electrons. The molecule has 1 unspecified atom stereocenters. The zero-order valence-electron chi connectivity index (χ0n) is 12.7. The zero-order chi connectivity index (χ0) is 15.4. The van der Waals surface area contributed by atoms with Crippen LogP contribution in [0, 0.1) is 6.92 Å². The number of hydrogen-bond acceptors (Lipinski definition) is 3. The molecule has 0 spiro atoms. The van der Waals surface area contributed by atoms with E-state index < -0.39 is 0 Å². The number of anilines is 1. The van der Waals surface area contributed by atoms with E-state index in [1.165, 1.54) is 0 Å². The van der Waals surface area contributed by atoms with Crippen LogP contribution in [0.1, 0.15) is 24.1 Å². The summed E-state index contributed by atoms with van der Waals surface area (Å²) in [6.45, 7) is 4.10. The highest BCUT2D eigenvalue weighted by Crippen LogP contribution is 2.32. The molecular weight excluding hydrogens is 286 g/mol. The summed E-state index contributed by atoms with van der Waals surface area (Å²) in [5.74, 6) is 1.46. The summed E-state index contributed by atoms with van der Waals surface area (Å²) in [6.07, 6.45) is 0. The van der Waals surface area contributed by atoms with Crippen molar-refractivity contribution in [2.75, 3.05) is 19.5 Å². The highest BCUT2D eigenvalue weighted by molar-refractivity contribution is 6.31. The Kier molecular flexibility index (Phi) is 4.97. The third-order valence-corrected chi connectivity index (χ3v) is 3.96. The topological polar surface area (TPSA) is 30.5 Å². The van der Waals surface area contributed by atoms with Gasteiger partial charge in [0.25, 0.3) is 0 Å². The summed E-state index contributed by atoms with van der Waals surface area (Å²) >= 11 is 6.15. The lowest BCUT2D eigenvalue weighted by molar-refractivity contribution is 0.354. The third kappa shape index (κ3) is 3.42. The van der Waals surface area contributed by atoms with Gasteiger partial charge in [0.05, 0.1) is 14.2 Å². The number of rotatable bonds is 5. The van der Waals surface area contributed by atoms with Gasteiger partial charge in [-0.25, -0.2) is 0 Å². The minimum absolute atomic E-state index is 0.127. The summed E-state index contributed by atoms with van der Waals surface area (Å²) in [4.78, 5) is 0. The summed E-state index contributed by atoms with van der Waals surface area (Å²) in [5, 5.41) is 4.24.